The van der Waals surface area contributed by atoms with Gasteiger partial charge in [0.25, 0.3) is 11.1 Å². The Balaban J connectivity index is 1.94. The Morgan fingerprint density at radius 3 is 2.83 bits per heavy atom. The Morgan fingerprint density at radius 2 is 2.22 bits per heavy atom. The third-order valence-corrected chi connectivity index (χ3v) is 4.17. The zero-order valence-corrected chi connectivity index (χ0v) is 12.4. The lowest BCUT2D eigenvalue weighted by molar-refractivity contribution is 0.0777. The van der Waals surface area contributed by atoms with E-state index in [0.717, 1.165) is 10.6 Å². The molecule has 0 aliphatic rings. The average Bonchev–Trinajstić information content (AvgIpc) is 2.85. The van der Waals surface area contributed by atoms with Crippen molar-refractivity contribution in [2.45, 2.75) is 31.1 Å². The molecule has 18 heavy (non-hydrogen) atoms. The van der Waals surface area contributed by atoms with Crippen molar-refractivity contribution in [3.63, 3.8) is 0 Å². The van der Waals surface area contributed by atoms with Gasteiger partial charge < -0.3 is 9.52 Å². The first-order chi connectivity index (χ1) is 8.44. The summed E-state index contributed by atoms with van der Waals surface area (Å²) in [5.74, 6) is 1.22. The fourth-order valence-corrected chi connectivity index (χ4v) is 3.16. The summed E-state index contributed by atoms with van der Waals surface area (Å²) < 4.78 is 6.20. The van der Waals surface area contributed by atoms with Crippen molar-refractivity contribution in [2.24, 2.45) is 0 Å². The second-order valence-corrected chi connectivity index (χ2v) is 7.15. The maximum atomic E-state index is 9.59. The number of nitrogens with zero attached hydrogens (tertiary/aromatic N) is 2. The minimum atomic E-state index is -0.670. The Labute approximate surface area is 118 Å². The molecule has 0 spiro atoms. The number of aromatic nitrogens is 2. The third kappa shape index (κ3) is 3.98. The van der Waals surface area contributed by atoms with Crippen LogP contribution in [-0.4, -0.2) is 26.7 Å². The zero-order valence-electron chi connectivity index (χ0n) is 10.0. The van der Waals surface area contributed by atoms with Crippen LogP contribution in [0.25, 0.3) is 10.8 Å². The molecule has 0 amide bonds. The molecule has 2 aromatic rings. The van der Waals surface area contributed by atoms with Gasteiger partial charge in [0.15, 0.2) is 0 Å². The molecule has 4 nitrogen and oxygen atoms in total. The van der Waals surface area contributed by atoms with E-state index in [1.54, 1.807) is 19.9 Å². The molecule has 2 heterocycles. The van der Waals surface area contributed by atoms with Crippen LogP contribution < -0.4 is 0 Å². The number of rotatable bonds is 5. The Kier molecular flexibility index (Phi) is 4.32. The standard InChI is InChI=1S/C11H13ClN2O2S2/c1-11(2,15)5-6-17-10-14-13-9(16-10)7-3-4-8(12)18-7/h3-4,15H,5-6H2,1-2H3. The van der Waals surface area contributed by atoms with Crippen molar-refractivity contribution in [1.29, 1.82) is 0 Å². The van der Waals surface area contributed by atoms with Crippen LogP contribution in [0.1, 0.15) is 20.3 Å². The molecule has 98 valence electrons. The molecular weight excluding hydrogens is 292 g/mol. The predicted molar refractivity (Wildman–Crippen MR) is 74.3 cm³/mol. The highest BCUT2D eigenvalue weighted by atomic mass is 35.5. The summed E-state index contributed by atoms with van der Waals surface area (Å²) in [7, 11) is 0. The smallest absolute Gasteiger partial charge is 0.276 e. The highest BCUT2D eigenvalue weighted by Crippen LogP contribution is 2.31. The van der Waals surface area contributed by atoms with Gasteiger partial charge in [-0.2, -0.15) is 0 Å². The number of halogens is 1. The fraction of sp³-hybridized carbons (Fsp3) is 0.455. The minimum absolute atomic E-state index is 0.484. The number of hydrogen-bond donors (Lipinski definition) is 1. The van der Waals surface area contributed by atoms with Crippen molar-refractivity contribution < 1.29 is 9.52 Å². The normalized spacial score (nSPS) is 12.0. The maximum absolute atomic E-state index is 9.59. The Bertz CT molecular complexity index is 519. The van der Waals surface area contributed by atoms with E-state index in [2.05, 4.69) is 10.2 Å². The lowest BCUT2D eigenvalue weighted by Gasteiger charge is -2.15. The first-order valence-corrected chi connectivity index (χ1v) is 7.56. The van der Waals surface area contributed by atoms with E-state index >= 15 is 0 Å². The topological polar surface area (TPSA) is 59.2 Å². The van der Waals surface area contributed by atoms with E-state index in [-0.39, 0.29) is 0 Å². The van der Waals surface area contributed by atoms with Crippen LogP contribution in [0.15, 0.2) is 21.8 Å². The first kappa shape index (κ1) is 13.9. The van der Waals surface area contributed by atoms with E-state index in [0.29, 0.717) is 21.9 Å². The summed E-state index contributed by atoms with van der Waals surface area (Å²) in [6, 6.07) is 3.65. The lowest BCUT2D eigenvalue weighted by Crippen LogP contribution is -2.18. The van der Waals surface area contributed by atoms with E-state index in [4.69, 9.17) is 16.0 Å². The quantitative estimate of drug-likeness (QED) is 0.853. The molecule has 1 N–H and O–H groups in total. The molecule has 0 aliphatic heterocycles. The molecule has 0 saturated carbocycles. The van der Waals surface area contributed by atoms with E-state index in [1.165, 1.54) is 23.1 Å². The molecule has 0 radical (unpaired) electrons. The second-order valence-electron chi connectivity index (χ2n) is 4.39. The Morgan fingerprint density at radius 1 is 1.44 bits per heavy atom. The van der Waals surface area contributed by atoms with E-state index in [1.807, 2.05) is 6.07 Å². The summed E-state index contributed by atoms with van der Waals surface area (Å²) in [5, 5.41) is 18.0. The zero-order chi connectivity index (χ0) is 13.2. The largest absolute Gasteiger partial charge is 0.410 e. The van der Waals surface area contributed by atoms with Gasteiger partial charge >= 0.3 is 0 Å². The van der Waals surface area contributed by atoms with Crippen molar-refractivity contribution in [2.75, 3.05) is 5.75 Å². The molecule has 0 bridgehead atoms. The SMILES string of the molecule is CC(C)(O)CCSc1nnc(-c2ccc(Cl)s2)o1. The molecule has 2 rings (SSSR count). The van der Waals surface area contributed by atoms with Gasteiger partial charge in [0.2, 0.25) is 0 Å². The van der Waals surface area contributed by atoms with Crippen LogP contribution in [0.3, 0.4) is 0 Å². The van der Waals surface area contributed by atoms with Crippen molar-refractivity contribution >= 4 is 34.7 Å². The molecule has 0 aliphatic carbocycles. The first-order valence-electron chi connectivity index (χ1n) is 5.38. The Hall–Kier alpha value is -0.560. The van der Waals surface area contributed by atoms with Gasteiger partial charge in [0.1, 0.15) is 0 Å². The molecule has 0 unspecified atom stereocenters. The molecule has 2 aromatic heterocycles. The van der Waals surface area contributed by atoms with Gasteiger partial charge in [-0.15, -0.1) is 21.5 Å². The summed E-state index contributed by atoms with van der Waals surface area (Å²) in [6.07, 6.45) is 0.667. The number of thioether (sulfide) groups is 1. The molecule has 0 saturated heterocycles. The molecule has 7 heteroatoms. The highest BCUT2D eigenvalue weighted by Gasteiger charge is 2.15. The second kappa shape index (κ2) is 5.61. The van der Waals surface area contributed by atoms with Crippen molar-refractivity contribution in [3.8, 4) is 10.8 Å². The van der Waals surface area contributed by atoms with Crippen LogP contribution >= 0.6 is 34.7 Å². The summed E-state index contributed by atoms with van der Waals surface area (Å²) in [4.78, 5) is 0.863. The maximum Gasteiger partial charge on any atom is 0.276 e. The summed E-state index contributed by atoms with van der Waals surface area (Å²) in [6.45, 7) is 3.56. The lowest BCUT2D eigenvalue weighted by atomic mass is 10.1. The van der Waals surface area contributed by atoms with E-state index < -0.39 is 5.60 Å². The van der Waals surface area contributed by atoms with Crippen molar-refractivity contribution in [3.05, 3.63) is 16.5 Å². The van der Waals surface area contributed by atoms with Crippen LogP contribution in [0.4, 0.5) is 0 Å². The van der Waals surface area contributed by atoms with Crippen molar-refractivity contribution in [1.82, 2.24) is 10.2 Å². The molecule has 0 atom stereocenters. The number of hydrogen-bond acceptors (Lipinski definition) is 6. The van der Waals surface area contributed by atoms with Crippen LogP contribution in [0.5, 0.6) is 0 Å². The molecular formula is C11H13ClN2O2S2. The fourth-order valence-electron chi connectivity index (χ4n) is 1.19. The van der Waals surface area contributed by atoms with Gasteiger partial charge in [-0.25, -0.2) is 0 Å². The third-order valence-electron chi connectivity index (χ3n) is 2.13. The monoisotopic (exact) mass is 304 g/mol. The number of aliphatic hydroxyl groups is 1. The summed E-state index contributed by atoms with van der Waals surface area (Å²) >= 11 is 8.69. The van der Waals surface area contributed by atoms with Gasteiger partial charge in [-0.1, -0.05) is 23.4 Å². The minimum Gasteiger partial charge on any atom is -0.410 e. The number of thiophene rings is 1. The van der Waals surface area contributed by atoms with Crippen LogP contribution in [0.2, 0.25) is 4.34 Å². The van der Waals surface area contributed by atoms with E-state index in [9.17, 15) is 5.11 Å². The molecule has 0 aromatic carbocycles. The highest BCUT2D eigenvalue weighted by molar-refractivity contribution is 7.99. The summed E-state index contributed by atoms with van der Waals surface area (Å²) in [5.41, 5.74) is -0.670. The van der Waals surface area contributed by atoms with Gasteiger partial charge in [-0.05, 0) is 32.4 Å². The average molecular weight is 305 g/mol. The van der Waals surface area contributed by atoms with Gasteiger partial charge in [0, 0.05) is 5.75 Å². The molecule has 0 fully saturated rings. The van der Waals surface area contributed by atoms with Gasteiger partial charge in [-0.3, -0.25) is 0 Å². The van der Waals surface area contributed by atoms with Crippen LogP contribution in [-0.2, 0) is 0 Å². The predicted octanol–water partition coefficient (Wildman–Crippen LogP) is 3.70. The van der Waals surface area contributed by atoms with Gasteiger partial charge in [0.05, 0.1) is 14.8 Å². The van der Waals surface area contributed by atoms with Crippen LogP contribution in [0, 0.1) is 0 Å².